The number of nitrogens with zero attached hydrogens (tertiary/aromatic N) is 1. The molecule has 158 valence electrons. The molecule has 4 rings (SSSR count). The lowest BCUT2D eigenvalue weighted by Gasteiger charge is -2.36. The molecule has 0 fully saturated rings. The number of ether oxygens (including phenoxy) is 1. The monoisotopic (exact) mass is 425 g/mol. The molecule has 2 aliphatic rings. The van der Waals surface area contributed by atoms with Crippen molar-refractivity contribution in [3.63, 3.8) is 0 Å². The summed E-state index contributed by atoms with van der Waals surface area (Å²) in [6.07, 6.45) is 2.03. The van der Waals surface area contributed by atoms with Gasteiger partial charge in [0.2, 0.25) is 10.0 Å². The van der Waals surface area contributed by atoms with E-state index < -0.39 is 10.0 Å². The number of carbonyl (C=O) groups excluding carboxylic acids is 1. The summed E-state index contributed by atoms with van der Waals surface area (Å²) in [5, 5.41) is 0. The van der Waals surface area contributed by atoms with Gasteiger partial charge in [0.25, 0.3) is 0 Å². The van der Waals surface area contributed by atoms with E-state index in [9.17, 15) is 13.2 Å². The molecule has 1 atom stereocenters. The molecule has 0 amide bonds. The second-order valence-electron chi connectivity index (χ2n) is 8.55. The zero-order valence-electron chi connectivity index (χ0n) is 17.8. The average molecular weight is 426 g/mol. The summed E-state index contributed by atoms with van der Waals surface area (Å²) in [5.74, 6) is -0.303. The molecule has 2 aromatic rings. The van der Waals surface area contributed by atoms with E-state index in [1.807, 2.05) is 37.3 Å². The Morgan fingerprint density at radius 2 is 1.87 bits per heavy atom. The highest BCUT2D eigenvalue weighted by Gasteiger charge is 2.46. The minimum Gasteiger partial charge on any atom is -0.462 e. The Labute approximate surface area is 178 Å². The van der Waals surface area contributed by atoms with Crippen LogP contribution in [0.2, 0.25) is 0 Å². The molecular formula is C24H27NO4S. The molecule has 0 bridgehead atoms. The minimum absolute atomic E-state index is 0.0268. The summed E-state index contributed by atoms with van der Waals surface area (Å²) in [5.41, 5.74) is 4.60. The molecule has 0 N–H and O–H groups in total. The molecule has 1 aliphatic carbocycles. The minimum atomic E-state index is -3.57. The summed E-state index contributed by atoms with van der Waals surface area (Å²) in [7, 11) is -3.57. The van der Waals surface area contributed by atoms with Gasteiger partial charge in [-0.1, -0.05) is 43.7 Å². The van der Waals surface area contributed by atoms with Gasteiger partial charge in [-0.2, -0.15) is 4.31 Å². The first-order valence-electron chi connectivity index (χ1n) is 10.2. The zero-order valence-corrected chi connectivity index (χ0v) is 18.6. The molecule has 0 radical (unpaired) electrons. The maximum Gasteiger partial charge on any atom is 0.338 e. The van der Waals surface area contributed by atoms with E-state index in [1.54, 1.807) is 29.4 Å². The van der Waals surface area contributed by atoms with E-state index in [0.717, 1.165) is 16.7 Å². The van der Waals surface area contributed by atoms with Gasteiger partial charge in [0.1, 0.15) is 0 Å². The fraction of sp³-hybridized carbons (Fsp3) is 0.375. The van der Waals surface area contributed by atoms with Crippen LogP contribution in [0, 0.1) is 12.8 Å². The number of esters is 1. The number of aryl methyl sites for hydroxylation is 1. The molecule has 0 spiro atoms. The first-order chi connectivity index (χ1) is 14.2. The number of rotatable bonds is 4. The van der Waals surface area contributed by atoms with Gasteiger partial charge in [0, 0.05) is 19.0 Å². The predicted octanol–water partition coefficient (Wildman–Crippen LogP) is 4.17. The van der Waals surface area contributed by atoms with E-state index in [0.29, 0.717) is 30.2 Å². The van der Waals surface area contributed by atoms with Crippen LogP contribution in [0.25, 0.3) is 5.57 Å². The second kappa shape index (κ2) is 7.36. The molecule has 0 aromatic heterocycles. The number of hydrogen-bond donors (Lipinski definition) is 0. The quantitative estimate of drug-likeness (QED) is 0.690. The van der Waals surface area contributed by atoms with Crippen molar-refractivity contribution in [2.45, 2.75) is 38.0 Å². The topological polar surface area (TPSA) is 63.7 Å². The van der Waals surface area contributed by atoms with Gasteiger partial charge in [0.15, 0.2) is 0 Å². The van der Waals surface area contributed by atoms with Crippen molar-refractivity contribution >= 4 is 21.6 Å². The summed E-state index contributed by atoms with van der Waals surface area (Å²) in [6, 6.07) is 12.7. The Kier molecular flexibility index (Phi) is 5.11. The molecule has 6 heteroatoms. The van der Waals surface area contributed by atoms with Crippen molar-refractivity contribution in [1.82, 2.24) is 4.31 Å². The summed E-state index contributed by atoms with van der Waals surface area (Å²) in [4.78, 5) is 12.5. The van der Waals surface area contributed by atoms with Crippen LogP contribution in [0.5, 0.6) is 0 Å². The van der Waals surface area contributed by atoms with E-state index in [2.05, 4.69) is 13.8 Å². The highest BCUT2D eigenvalue weighted by atomic mass is 32.2. The number of carbonyl (C=O) groups is 1. The predicted molar refractivity (Wildman–Crippen MR) is 117 cm³/mol. The molecule has 2 aromatic carbocycles. The largest absolute Gasteiger partial charge is 0.462 e. The molecule has 1 aliphatic heterocycles. The van der Waals surface area contributed by atoms with Gasteiger partial charge < -0.3 is 4.74 Å². The van der Waals surface area contributed by atoms with Crippen LogP contribution < -0.4 is 0 Å². The molecule has 1 unspecified atom stereocenters. The van der Waals surface area contributed by atoms with E-state index in [-0.39, 0.29) is 17.3 Å². The summed E-state index contributed by atoms with van der Waals surface area (Å²) in [6.45, 7) is 9.06. The van der Waals surface area contributed by atoms with Crippen LogP contribution in [0.3, 0.4) is 0 Å². The number of hydrogen-bond acceptors (Lipinski definition) is 4. The van der Waals surface area contributed by atoms with Crippen molar-refractivity contribution in [3.8, 4) is 0 Å². The van der Waals surface area contributed by atoms with Crippen LogP contribution in [0.1, 0.15) is 47.8 Å². The van der Waals surface area contributed by atoms with Crippen molar-refractivity contribution in [1.29, 1.82) is 0 Å². The van der Waals surface area contributed by atoms with Gasteiger partial charge in [-0.15, -0.1) is 0 Å². The Morgan fingerprint density at radius 3 is 2.53 bits per heavy atom. The van der Waals surface area contributed by atoms with Crippen LogP contribution in [-0.4, -0.2) is 38.4 Å². The Balaban J connectivity index is 1.68. The molecule has 30 heavy (non-hydrogen) atoms. The zero-order chi connectivity index (χ0) is 21.7. The third-order valence-electron chi connectivity index (χ3n) is 6.34. The Morgan fingerprint density at radius 1 is 1.17 bits per heavy atom. The highest BCUT2D eigenvalue weighted by Crippen LogP contribution is 2.52. The lowest BCUT2D eigenvalue weighted by molar-refractivity contribution is 0.0526. The van der Waals surface area contributed by atoms with Crippen molar-refractivity contribution in [2.75, 3.05) is 19.7 Å². The SMILES string of the molecule is CCOC(=O)c1ccc2c(c1)C(C)(C)C1CN(S(=O)(=O)c3ccc(C)cc3)CC=C21. The standard InChI is InChI=1S/C24H27NO4S/c1-5-29-23(26)17-8-11-19-20-12-13-25(15-22(20)24(3,4)21(19)14-17)30(27,28)18-9-6-16(2)7-10-18/h6-12,14,22H,5,13,15H2,1-4H3. The van der Waals surface area contributed by atoms with Crippen molar-refractivity contribution in [3.05, 3.63) is 70.8 Å². The average Bonchev–Trinajstić information content (AvgIpc) is 2.95. The summed E-state index contributed by atoms with van der Waals surface area (Å²) >= 11 is 0. The fourth-order valence-corrected chi connectivity index (χ4v) is 5.94. The third kappa shape index (κ3) is 3.28. The maximum absolute atomic E-state index is 13.2. The van der Waals surface area contributed by atoms with Crippen molar-refractivity contribution in [2.24, 2.45) is 5.92 Å². The third-order valence-corrected chi connectivity index (χ3v) is 8.19. The Bertz CT molecular complexity index is 1130. The van der Waals surface area contributed by atoms with Crippen LogP contribution in [0.15, 0.2) is 53.4 Å². The molecular weight excluding hydrogens is 398 g/mol. The molecule has 5 nitrogen and oxygen atoms in total. The molecule has 1 heterocycles. The van der Waals surface area contributed by atoms with Crippen LogP contribution in [0.4, 0.5) is 0 Å². The van der Waals surface area contributed by atoms with Gasteiger partial charge in [-0.3, -0.25) is 0 Å². The highest BCUT2D eigenvalue weighted by molar-refractivity contribution is 7.89. The van der Waals surface area contributed by atoms with E-state index >= 15 is 0 Å². The fourth-order valence-electron chi connectivity index (χ4n) is 4.55. The van der Waals surface area contributed by atoms with Gasteiger partial charge in [-0.05, 0) is 60.2 Å². The maximum atomic E-state index is 13.2. The van der Waals surface area contributed by atoms with E-state index in [4.69, 9.17) is 4.74 Å². The smallest absolute Gasteiger partial charge is 0.338 e. The van der Waals surface area contributed by atoms with Gasteiger partial charge >= 0.3 is 5.97 Å². The second-order valence-corrected chi connectivity index (χ2v) is 10.5. The lowest BCUT2D eigenvalue weighted by Crippen LogP contribution is -2.42. The number of fused-ring (bicyclic) bond motifs is 3. The van der Waals surface area contributed by atoms with Crippen LogP contribution >= 0.6 is 0 Å². The Hall–Kier alpha value is -2.44. The van der Waals surface area contributed by atoms with Crippen molar-refractivity contribution < 1.29 is 17.9 Å². The van der Waals surface area contributed by atoms with E-state index in [1.165, 1.54) is 5.57 Å². The molecule has 0 saturated heterocycles. The first kappa shape index (κ1) is 20.8. The summed E-state index contributed by atoms with van der Waals surface area (Å²) < 4.78 is 33.2. The first-order valence-corrected chi connectivity index (χ1v) is 11.7. The van der Waals surface area contributed by atoms with Gasteiger partial charge in [-0.25, -0.2) is 13.2 Å². The lowest BCUT2D eigenvalue weighted by atomic mass is 9.76. The molecule has 0 saturated carbocycles. The number of sulfonamides is 1. The van der Waals surface area contributed by atoms with Gasteiger partial charge in [0.05, 0.1) is 17.1 Å². The number of benzene rings is 2. The normalized spacial score (nSPS) is 20.3. The van der Waals surface area contributed by atoms with Crippen LogP contribution in [-0.2, 0) is 20.2 Å².